The van der Waals surface area contributed by atoms with E-state index >= 15 is 0 Å². The van der Waals surface area contributed by atoms with Gasteiger partial charge >= 0.3 is 0 Å². The summed E-state index contributed by atoms with van der Waals surface area (Å²) in [6.07, 6.45) is 6.54. The van der Waals surface area contributed by atoms with Gasteiger partial charge in [0.05, 0.1) is 6.61 Å². The van der Waals surface area contributed by atoms with Crippen LogP contribution >= 0.6 is 0 Å². The number of hydrogen-bond donors (Lipinski definition) is 2. The minimum absolute atomic E-state index is 0.281. The van der Waals surface area contributed by atoms with Crippen LogP contribution in [0.3, 0.4) is 0 Å². The van der Waals surface area contributed by atoms with E-state index in [-0.39, 0.29) is 6.61 Å². The summed E-state index contributed by atoms with van der Waals surface area (Å²) in [6.45, 7) is 4.74. The predicted octanol–water partition coefficient (Wildman–Crippen LogP) is 0.974. The van der Waals surface area contributed by atoms with E-state index in [0.29, 0.717) is 12.1 Å². The van der Waals surface area contributed by atoms with Gasteiger partial charge in [0, 0.05) is 24.7 Å². The molecule has 0 aromatic rings. The molecule has 0 aliphatic heterocycles. The largest absolute Gasteiger partial charge is 0.395 e. The first-order valence-electron chi connectivity index (χ1n) is 6.44. The van der Waals surface area contributed by atoms with E-state index in [1.54, 1.807) is 0 Å². The number of hydrogen-bond acceptors (Lipinski definition) is 3. The Morgan fingerprint density at radius 2 is 2.07 bits per heavy atom. The van der Waals surface area contributed by atoms with E-state index in [2.05, 4.69) is 17.1 Å². The third-order valence-corrected chi connectivity index (χ3v) is 3.30. The zero-order valence-corrected chi connectivity index (χ0v) is 9.78. The van der Waals surface area contributed by atoms with Crippen LogP contribution in [0.2, 0.25) is 0 Å². The predicted molar refractivity (Wildman–Crippen MR) is 61.9 cm³/mol. The van der Waals surface area contributed by atoms with Crippen LogP contribution < -0.4 is 5.32 Å². The molecule has 2 fully saturated rings. The normalized spacial score (nSPS) is 23.4. The van der Waals surface area contributed by atoms with Crippen LogP contribution in [-0.4, -0.2) is 47.8 Å². The summed E-state index contributed by atoms with van der Waals surface area (Å²) >= 11 is 0. The highest BCUT2D eigenvalue weighted by Gasteiger charge is 2.31. The highest BCUT2D eigenvalue weighted by Crippen LogP contribution is 2.27. The summed E-state index contributed by atoms with van der Waals surface area (Å²) in [5, 5.41) is 12.9. The molecule has 3 nitrogen and oxygen atoms in total. The van der Waals surface area contributed by atoms with Crippen molar-refractivity contribution in [3.63, 3.8) is 0 Å². The molecule has 15 heavy (non-hydrogen) atoms. The molecule has 2 N–H and O–H groups in total. The van der Waals surface area contributed by atoms with Crippen LogP contribution in [0.1, 0.15) is 39.0 Å². The van der Waals surface area contributed by atoms with Crippen LogP contribution in [0, 0.1) is 0 Å². The zero-order valence-electron chi connectivity index (χ0n) is 9.78. The number of nitrogens with one attached hydrogen (secondary N) is 1. The molecule has 0 radical (unpaired) electrons. The van der Waals surface area contributed by atoms with Gasteiger partial charge in [-0.25, -0.2) is 0 Å². The molecule has 2 rings (SSSR count). The Labute approximate surface area is 92.8 Å². The molecular weight excluding hydrogens is 188 g/mol. The molecule has 0 amide bonds. The molecule has 3 heteroatoms. The lowest BCUT2D eigenvalue weighted by molar-refractivity contribution is 0.175. The van der Waals surface area contributed by atoms with Crippen molar-refractivity contribution in [3.8, 4) is 0 Å². The monoisotopic (exact) mass is 212 g/mol. The molecule has 0 aromatic carbocycles. The first kappa shape index (κ1) is 11.4. The molecule has 2 saturated carbocycles. The van der Waals surface area contributed by atoms with Crippen molar-refractivity contribution in [3.05, 3.63) is 0 Å². The molecule has 0 aromatic heterocycles. The van der Waals surface area contributed by atoms with E-state index in [1.165, 1.54) is 38.6 Å². The summed E-state index contributed by atoms with van der Waals surface area (Å²) in [7, 11) is 0. The fourth-order valence-electron chi connectivity index (χ4n) is 2.18. The average molecular weight is 212 g/mol. The first-order chi connectivity index (χ1) is 7.33. The van der Waals surface area contributed by atoms with Gasteiger partial charge in [0.15, 0.2) is 0 Å². The van der Waals surface area contributed by atoms with Crippen LogP contribution in [0.4, 0.5) is 0 Å². The van der Waals surface area contributed by atoms with E-state index in [1.807, 2.05) is 0 Å². The number of nitrogens with zero attached hydrogens (tertiary/aromatic N) is 1. The van der Waals surface area contributed by atoms with Crippen LogP contribution in [0.5, 0.6) is 0 Å². The summed E-state index contributed by atoms with van der Waals surface area (Å²) in [5.41, 5.74) is 0. The zero-order chi connectivity index (χ0) is 10.7. The van der Waals surface area contributed by atoms with Gasteiger partial charge in [0.2, 0.25) is 0 Å². The van der Waals surface area contributed by atoms with Gasteiger partial charge < -0.3 is 10.4 Å². The molecule has 2 aliphatic carbocycles. The minimum atomic E-state index is 0.281. The van der Waals surface area contributed by atoms with Crippen molar-refractivity contribution >= 4 is 0 Å². The van der Waals surface area contributed by atoms with E-state index in [9.17, 15) is 5.11 Å². The maximum absolute atomic E-state index is 9.33. The Morgan fingerprint density at radius 3 is 2.53 bits per heavy atom. The Hall–Kier alpha value is -0.120. The maximum Gasteiger partial charge on any atom is 0.0597 e. The SMILES string of the molecule is CCCN(CC(CO)NC1CC1)C1CC1. The first-order valence-corrected chi connectivity index (χ1v) is 6.44. The van der Waals surface area contributed by atoms with Crippen LogP contribution in [0.25, 0.3) is 0 Å². The van der Waals surface area contributed by atoms with E-state index in [0.717, 1.165) is 12.6 Å². The lowest BCUT2D eigenvalue weighted by Crippen LogP contribution is -2.45. The van der Waals surface area contributed by atoms with Gasteiger partial charge in [-0.2, -0.15) is 0 Å². The van der Waals surface area contributed by atoms with Gasteiger partial charge in [-0.3, -0.25) is 4.90 Å². The van der Waals surface area contributed by atoms with Crippen molar-refractivity contribution in [1.82, 2.24) is 10.2 Å². The number of aliphatic hydroxyl groups is 1. The molecule has 0 heterocycles. The minimum Gasteiger partial charge on any atom is -0.395 e. The summed E-state index contributed by atoms with van der Waals surface area (Å²) in [4.78, 5) is 2.55. The second-order valence-electron chi connectivity index (χ2n) is 5.05. The van der Waals surface area contributed by atoms with Crippen molar-refractivity contribution < 1.29 is 5.11 Å². The van der Waals surface area contributed by atoms with Crippen molar-refractivity contribution in [1.29, 1.82) is 0 Å². The standard InChI is InChI=1S/C12H24N2O/c1-2-7-14(12-5-6-12)8-11(9-15)13-10-3-4-10/h10-13,15H,2-9H2,1H3. The molecule has 0 spiro atoms. The molecule has 0 saturated heterocycles. The van der Waals surface area contributed by atoms with Crippen molar-refractivity contribution in [2.24, 2.45) is 0 Å². The summed E-state index contributed by atoms with van der Waals surface area (Å²) in [6, 6.07) is 1.81. The van der Waals surface area contributed by atoms with Crippen molar-refractivity contribution in [2.45, 2.75) is 57.2 Å². The second-order valence-corrected chi connectivity index (χ2v) is 5.05. The lowest BCUT2D eigenvalue weighted by Gasteiger charge is -2.26. The van der Waals surface area contributed by atoms with Gasteiger partial charge in [-0.15, -0.1) is 0 Å². The van der Waals surface area contributed by atoms with E-state index in [4.69, 9.17) is 0 Å². The molecule has 2 aliphatic rings. The third-order valence-electron chi connectivity index (χ3n) is 3.30. The summed E-state index contributed by atoms with van der Waals surface area (Å²) < 4.78 is 0. The number of rotatable bonds is 8. The Balaban J connectivity index is 1.73. The van der Waals surface area contributed by atoms with Gasteiger partial charge in [0.25, 0.3) is 0 Å². The van der Waals surface area contributed by atoms with Gasteiger partial charge in [0.1, 0.15) is 0 Å². The average Bonchev–Trinajstić information content (AvgIpc) is 3.08. The quantitative estimate of drug-likeness (QED) is 0.629. The highest BCUT2D eigenvalue weighted by molar-refractivity contribution is 4.90. The van der Waals surface area contributed by atoms with Crippen molar-refractivity contribution in [2.75, 3.05) is 19.7 Å². The second kappa shape index (κ2) is 5.28. The summed E-state index contributed by atoms with van der Waals surface area (Å²) in [5.74, 6) is 0. The Morgan fingerprint density at radius 1 is 1.33 bits per heavy atom. The third kappa shape index (κ3) is 3.74. The molecule has 88 valence electrons. The molecular formula is C12H24N2O. The molecule has 1 atom stereocenters. The number of aliphatic hydroxyl groups excluding tert-OH is 1. The Bertz CT molecular complexity index is 190. The topological polar surface area (TPSA) is 35.5 Å². The fourth-order valence-corrected chi connectivity index (χ4v) is 2.18. The fraction of sp³-hybridized carbons (Fsp3) is 1.00. The smallest absolute Gasteiger partial charge is 0.0597 e. The van der Waals surface area contributed by atoms with Gasteiger partial charge in [-0.05, 0) is 38.6 Å². The Kier molecular flexibility index (Phi) is 4.00. The molecule has 0 bridgehead atoms. The maximum atomic E-state index is 9.33. The van der Waals surface area contributed by atoms with E-state index < -0.39 is 0 Å². The highest BCUT2D eigenvalue weighted by atomic mass is 16.3. The van der Waals surface area contributed by atoms with Gasteiger partial charge in [-0.1, -0.05) is 6.92 Å². The van der Waals surface area contributed by atoms with Crippen LogP contribution in [0.15, 0.2) is 0 Å². The van der Waals surface area contributed by atoms with Crippen LogP contribution in [-0.2, 0) is 0 Å². The lowest BCUT2D eigenvalue weighted by atomic mass is 10.2. The molecule has 1 unspecified atom stereocenters.